The summed E-state index contributed by atoms with van der Waals surface area (Å²) in [6.07, 6.45) is 0. The van der Waals surface area contributed by atoms with E-state index in [9.17, 15) is 31.6 Å². The van der Waals surface area contributed by atoms with Crippen molar-refractivity contribution >= 4 is 0 Å². The molecule has 3 heterocycles. The van der Waals surface area contributed by atoms with Crippen molar-refractivity contribution in [1.82, 2.24) is 15.0 Å². The number of nitrogens with zero attached hydrogens (tertiary/aromatic N) is 13. The molecule has 44 heavy (non-hydrogen) atoms. The summed E-state index contributed by atoms with van der Waals surface area (Å²) in [4.78, 5) is 30.9. The summed E-state index contributed by atoms with van der Waals surface area (Å²) in [5.41, 5.74) is 0.713. The van der Waals surface area contributed by atoms with Crippen LogP contribution < -0.4 is 21.4 Å². The van der Waals surface area contributed by atoms with Gasteiger partial charge in [0.05, 0.1) is 21.8 Å². The highest BCUT2D eigenvalue weighted by Gasteiger charge is 2.22. The minimum Gasteiger partial charge on any atom is -0.225 e. The number of hydrogen-bond donors (Lipinski definition) is 0. The van der Waals surface area contributed by atoms with Crippen LogP contribution in [-0.2, 0) is 0 Å². The molecule has 0 unspecified atom stereocenters. The van der Waals surface area contributed by atoms with Crippen molar-refractivity contribution in [2.24, 2.45) is 20.0 Å². The van der Waals surface area contributed by atoms with Crippen molar-refractivity contribution in [2.45, 2.75) is 0 Å². The Morgan fingerprint density at radius 3 is 1.32 bits per heavy atom. The second kappa shape index (κ2) is 10.7. The Bertz CT molecular complexity index is 2370. The van der Waals surface area contributed by atoms with Gasteiger partial charge in [-0.15, -0.1) is 0 Å². The van der Waals surface area contributed by atoms with Crippen LogP contribution in [0.5, 0.6) is 0 Å². The number of hydrogen-bond acceptors (Lipinski definition) is 13. The highest BCUT2D eigenvalue weighted by molar-refractivity contribution is 5.72. The number of rotatable bonds is 3. The lowest BCUT2D eigenvalue weighted by molar-refractivity contribution is 1.07. The van der Waals surface area contributed by atoms with Crippen molar-refractivity contribution in [3.05, 3.63) is 110 Å². The maximum Gasteiger partial charge on any atom is 0.182 e. The predicted octanol–water partition coefficient (Wildman–Crippen LogP) is 1.64. The standard InChI is InChI=1S/C31H9N13/c32-10-17(11-33)28-38-23-8-6-19(21(14-36)25(23)40-28)30-42-27(16-4-2-1-3-5-16)43-31(44-30)20-7-9-24-26(22(20)15-37)41-29(39-24)18(12-34)13-35/h1-9H. The maximum absolute atomic E-state index is 10.2. The fraction of sp³-hybridized carbons (Fsp3) is 0. The molecule has 198 valence electrons. The number of allylic oxidation sites excluding steroid dienone is 2. The van der Waals surface area contributed by atoms with E-state index < -0.39 is 0 Å². The van der Waals surface area contributed by atoms with E-state index >= 15 is 0 Å². The van der Waals surface area contributed by atoms with Crippen LogP contribution in [0.3, 0.4) is 0 Å². The summed E-state index contributed by atoms with van der Waals surface area (Å²) in [7, 11) is 0. The molecule has 1 aromatic heterocycles. The average Bonchev–Trinajstić information content (AvgIpc) is 3.70. The fourth-order valence-corrected chi connectivity index (χ4v) is 4.46. The summed E-state index contributed by atoms with van der Waals surface area (Å²) < 4.78 is 0. The van der Waals surface area contributed by atoms with Crippen LogP contribution in [-0.4, -0.2) is 15.0 Å². The van der Waals surface area contributed by atoms with Gasteiger partial charge in [-0.3, -0.25) is 0 Å². The zero-order chi connectivity index (χ0) is 30.8. The first kappa shape index (κ1) is 26.5. The molecule has 0 fully saturated rings. The van der Waals surface area contributed by atoms with Gasteiger partial charge in [-0.2, -0.15) is 31.6 Å². The van der Waals surface area contributed by atoms with Crippen LogP contribution in [0.2, 0.25) is 0 Å². The fourth-order valence-electron chi connectivity index (χ4n) is 4.46. The highest BCUT2D eigenvalue weighted by atomic mass is 15.0. The van der Waals surface area contributed by atoms with Gasteiger partial charge in [-0.05, 0) is 24.3 Å². The van der Waals surface area contributed by atoms with E-state index in [1.807, 2.05) is 6.07 Å². The van der Waals surface area contributed by atoms with Crippen molar-refractivity contribution < 1.29 is 0 Å². The molecule has 3 aromatic carbocycles. The molecule has 0 aliphatic carbocycles. The van der Waals surface area contributed by atoms with Gasteiger partial charge in [0.25, 0.3) is 0 Å². The van der Waals surface area contributed by atoms with Gasteiger partial charge < -0.3 is 0 Å². The van der Waals surface area contributed by atoms with Gasteiger partial charge in [-0.25, -0.2) is 34.9 Å². The van der Waals surface area contributed by atoms with E-state index in [-0.39, 0.29) is 73.2 Å². The number of nitriles is 6. The van der Waals surface area contributed by atoms with Crippen molar-refractivity contribution in [3.8, 4) is 70.6 Å². The summed E-state index contributed by atoms with van der Waals surface area (Å²) in [5.74, 6) is 0.218. The van der Waals surface area contributed by atoms with Gasteiger partial charge in [0.2, 0.25) is 0 Å². The molecule has 6 rings (SSSR count). The van der Waals surface area contributed by atoms with Crippen LogP contribution in [0.15, 0.2) is 97.4 Å². The Morgan fingerprint density at radius 1 is 0.477 bits per heavy atom. The number of fused-ring (bicyclic) bond motifs is 2. The van der Waals surface area contributed by atoms with Crippen molar-refractivity contribution in [1.29, 1.82) is 31.6 Å². The predicted molar refractivity (Wildman–Crippen MR) is 147 cm³/mol. The Balaban J connectivity index is 1.64. The second-order valence-electron chi connectivity index (χ2n) is 8.90. The van der Waals surface area contributed by atoms with Crippen molar-refractivity contribution in [3.63, 3.8) is 0 Å². The van der Waals surface area contributed by atoms with E-state index in [2.05, 4.69) is 47.1 Å². The molecule has 0 N–H and O–H groups in total. The molecular weight excluding hydrogens is 554 g/mol. The zero-order valence-electron chi connectivity index (χ0n) is 22.0. The van der Waals surface area contributed by atoms with Gasteiger partial charge >= 0.3 is 0 Å². The third-order valence-corrected chi connectivity index (χ3v) is 6.47. The monoisotopic (exact) mass is 563 g/mol. The lowest BCUT2D eigenvalue weighted by atomic mass is 10.0. The summed E-state index contributed by atoms with van der Waals surface area (Å²) in [6.45, 7) is 0. The first-order valence-corrected chi connectivity index (χ1v) is 12.5. The summed E-state index contributed by atoms with van der Waals surface area (Å²) in [5, 5.41) is 58.3. The quantitative estimate of drug-likeness (QED) is 0.329. The summed E-state index contributed by atoms with van der Waals surface area (Å²) >= 11 is 0. The molecule has 0 bridgehead atoms. The zero-order valence-corrected chi connectivity index (χ0v) is 22.0. The summed E-state index contributed by atoms with van der Waals surface area (Å²) in [6, 6.07) is 26.5. The SMILES string of the molecule is N#CC(C#N)=C1N=c2ccc(-c3nc(-c4ccccc4)nc(-c4ccc5c(c4C#N)=NC(=C(C#N)C#N)N=5)n3)c(C#N)c2=N1. The number of aromatic nitrogens is 3. The van der Waals surface area contributed by atoms with E-state index in [1.165, 1.54) is 0 Å². The molecule has 0 saturated heterocycles. The normalized spacial score (nSPS) is 11.7. The molecule has 2 aliphatic heterocycles. The van der Waals surface area contributed by atoms with Gasteiger partial charge in [-0.1, -0.05) is 30.3 Å². The third-order valence-electron chi connectivity index (χ3n) is 6.47. The van der Waals surface area contributed by atoms with Crippen molar-refractivity contribution in [2.75, 3.05) is 0 Å². The number of benzene rings is 3. The van der Waals surface area contributed by atoms with Crippen LogP contribution in [0.4, 0.5) is 0 Å². The highest BCUT2D eigenvalue weighted by Crippen LogP contribution is 2.26. The smallest absolute Gasteiger partial charge is 0.182 e. The average molecular weight is 564 g/mol. The molecule has 13 heteroatoms. The topological polar surface area (TPSA) is 231 Å². The van der Waals surface area contributed by atoms with Crippen LogP contribution >= 0.6 is 0 Å². The van der Waals surface area contributed by atoms with E-state index in [0.717, 1.165) is 0 Å². The molecule has 0 spiro atoms. The lowest BCUT2D eigenvalue weighted by Crippen LogP contribution is -2.26. The van der Waals surface area contributed by atoms with E-state index in [1.54, 1.807) is 72.8 Å². The molecule has 0 radical (unpaired) electrons. The Morgan fingerprint density at radius 2 is 0.909 bits per heavy atom. The van der Waals surface area contributed by atoms with E-state index in [0.29, 0.717) is 16.3 Å². The second-order valence-corrected chi connectivity index (χ2v) is 8.90. The molecule has 13 nitrogen and oxygen atoms in total. The lowest BCUT2D eigenvalue weighted by Gasteiger charge is -2.10. The molecule has 2 aliphatic rings. The first-order valence-electron chi connectivity index (χ1n) is 12.5. The molecule has 0 saturated carbocycles. The molecule has 0 amide bonds. The van der Waals surface area contributed by atoms with Crippen LogP contribution in [0, 0.1) is 68.0 Å². The minimum atomic E-state index is -0.298. The van der Waals surface area contributed by atoms with Gasteiger partial charge in [0.15, 0.2) is 40.3 Å². The minimum absolute atomic E-state index is 0.0613. The Labute approximate surface area is 246 Å². The van der Waals surface area contributed by atoms with E-state index in [4.69, 9.17) is 0 Å². The maximum atomic E-state index is 10.2. The van der Waals surface area contributed by atoms with Crippen LogP contribution in [0.25, 0.3) is 34.2 Å². The third kappa shape index (κ3) is 4.27. The van der Waals surface area contributed by atoms with Gasteiger partial charge in [0, 0.05) is 16.7 Å². The molecule has 4 aromatic rings. The molecular formula is C31H9N13. The Kier molecular flexibility index (Phi) is 6.44. The first-order chi connectivity index (χ1) is 21.5. The largest absolute Gasteiger partial charge is 0.225 e. The Hall–Kier alpha value is -7.71. The van der Waals surface area contributed by atoms with Gasteiger partial charge in [0.1, 0.15) is 47.1 Å². The molecule has 0 atom stereocenters. The van der Waals surface area contributed by atoms with Crippen LogP contribution in [0.1, 0.15) is 11.1 Å².